The molecule has 2 N–H and O–H groups in total. The van der Waals surface area contributed by atoms with Crippen molar-refractivity contribution in [3.63, 3.8) is 0 Å². The molecule has 1 heterocycles. The van der Waals surface area contributed by atoms with Crippen LogP contribution in [0.5, 0.6) is 17.2 Å². The van der Waals surface area contributed by atoms with Crippen molar-refractivity contribution in [2.45, 2.75) is 33.5 Å². The lowest BCUT2D eigenvalue weighted by atomic mass is 10.1. The van der Waals surface area contributed by atoms with E-state index in [1.54, 1.807) is 40.4 Å². The number of hydrogen-bond donors (Lipinski definition) is 2. The molecule has 2 aromatic carbocycles. The van der Waals surface area contributed by atoms with Crippen LogP contribution in [-0.2, 0) is 19.6 Å². The predicted molar refractivity (Wildman–Crippen MR) is 123 cm³/mol. The van der Waals surface area contributed by atoms with Crippen LogP contribution in [-0.4, -0.2) is 37.0 Å². The number of nitrogens with zero attached hydrogens (tertiary/aromatic N) is 1. The summed E-state index contributed by atoms with van der Waals surface area (Å²) < 4.78 is 31.4. The third-order valence-electron chi connectivity index (χ3n) is 5.73. The molecule has 0 fully saturated rings. The molecule has 0 amide bonds. The fraction of sp³-hybridized carbons (Fsp3) is 0.320. The lowest BCUT2D eigenvalue weighted by molar-refractivity contribution is 0.0694. The summed E-state index contributed by atoms with van der Waals surface area (Å²) in [6.45, 7) is 4.99. The molecule has 3 rings (SSSR count). The highest BCUT2D eigenvalue weighted by atomic mass is 19.1. The molecule has 3 aromatic rings. The van der Waals surface area contributed by atoms with Gasteiger partial charge in [0.15, 0.2) is 11.5 Å². The average molecular weight is 457 g/mol. The van der Waals surface area contributed by atoms with Crippen LogP contribution >= 0.6 is 0 Å². The third kappa shape index (κ3) is 5.12. The van der Waals surface area contributed by atoms with Crippen LogP contribution in [0.25, 0.3) is 0 Å². The maximum atomic E-state index is 13.3. The number of benzene rings is 2. The van der Waals surface area contributed by atoms with Crippen molar-refractivity contribution in [2.24, 2.45) is 0 Å². The minimum absolute atomic E-state index is 0.284. The zero-order valence-electron chi connectivity index (χ0n) is 19.5. The van der Waals surface area contributed by atoms with Gasteiger partial charge in [0.25, 0.3) is 0 Å². The van der Waals surface area contributed by atoms with Crippen LogP contribution in [0, 0.1) is 19.7 Å². The van der Waals surface area contributed by atoms with E-state index in [9.17, 15) is 14.3 Å². The molecule has 0 bridgehead atoms. The van der Waals surface area contributed by atoms with Crippen molar-refractivity contribution in [2.75, 3.05) is 21.3 Å². The number of hydrogen-bond acceptors (Lipinski definition) is 5. The molecule has 7 nitrogen and oxygen atoms in total. The highest BCUT2D eigenvalue weighted by Crippen LogP contribution is 2.38. The molecular formula is C25H29FN2O5. The number of methoxy groups -OCH3 is 3. The fourth-order valence-corrected chi connectivity index (χ4v) is 4.03. The van der Waals surface area contributed by atoms with Crippen molar-refractivity contribution in [3.05, 3.63) is 75.9 Å². The first-order valence-electron chi connectivity index (χ1n) is 10.5. The maximum absolute atomic E-state index is 13.3. The van der Waals surface area contributed by atoms with Crippen molar-refractivity contribution in [1.29, 1.82) is 0 Å². The van der Waals surface area contributed by atoms with E-state index >= 15 is 0 Å². The van der Waals surface area contributed by atoms with Crippen LogP contribution in [0.3, 0.4) is 0 Å². The van der Waals surface area contributed by atoms with Gasteiger partial charge in [0.05, 0.1) is 26.9 Å². The Morgan fingerprint density at radius 1 is 0.939 bits per heavy atom. The standard InChI is InChI=1S/C25H29FN2O5/c1-15-20(13-27-12-18-10-21(31-3)24(33-5)22(11-18)32-4)23(25(29)30)16(2)28(15)14-17-6-8-19(26)9-7-17/h6-11,27H,12-14H2,1-5H3,(H,29,30). The smallest absolute Gasteiger partial charge is 0.337 e. The topological polar surface area (TPSA) is 82.0 Å². The van der Waals surface area contributed by atoms with Crippen LogP contribution in [0.4, 0.5) is 4.39 Å². The average Bonchev–Trinajstić information content (AvgIpc) is 3.04. The summed E-state index contributed by atoms with van der Waals surface area (Å²) >= 11 is 0. The molecule has 0 aliphatic carbocycles. The van der Waals surface area contributed by atoms with E-state index < -0.39 is 5.97 Å². The molecule has 0 aliphatic rings. The Kier molecular flexibility index (Phi) is 7.60. The number of halogens is 1. The largest absolute Gasteiger partial charge is 0.493 e. The van der Waals surface area contributed by atoms with Gasteiger partial charge in [-0.15, -0.1) is 0 Å². The van der Waals surface area contributed by atoms with Gasteiger partial charge in [-0.2, -0.15) is 0 Å². The minimum atomic E-state index is -0.974. The lowest BCUT2D eigenvalue weighted by Gasteiger charge is -2.14. The van der Waals surface area contributed by atoms with Gasteiger partial charge >= 0.3 is 5.97 Å². The van der Waals surface area contributed by atoms with Gasteiger partial charge in [-0.05, 0) is 49.2 Å². The Morgan fingerprint density at radius 3 is 2.06 bits per heavy atom. The molecule has 8 heteroatoms. The predicted octanol–water partition coefficient (Wildman–Crippen LogP) is 4.31. The van der Waals surface area contributed by atoms with Crippen LogP contribution < -0.4 is 19.5 Å². The summed E-state index contributed by atoms with van der Waals surface area (Å²) in [5, 5.41) is 13.2. The van der Waals surface area contributed by atoms with E-state index in [4.69, 9.17) is 14.2 Å². The summed E-state index contributed by atoms with van der Waals surface area (Å²) in [7, 11) is 4.67. The van der Waals surface area contributed by atoms with E-state index in [-0.39, 0.29) is 11.4 Å². The summed E-state index contributed by atoms with van der Waals surface area (Å²) in [5.74, 6) is 0.344. The highest BCUT2D eigenvalue weighted by Gasteiger charge is 2.22. The first-order valence-corrected chi connectivity index (χ1v) is 10.5. The summed E-state index contributed by atoms with van der Waals surface area (Å²) in [6.07, 6.45) is 0. The monoisotopic (exact) mass is 456 g/mol. The number of ether oxygens (including phenoxy) is 3. The molecule has 1 aromatic heterocycles. The maximum Gasteiger partial charge on any atom is 0.337 e. The minimum Gasteiger partial charge on any atom is -0.493 e. The van der Waals surface area contributed by atoms with E-state index in [1.165, 1.54) is 12.1 Å². The van der Waals surface area contributed by atoms with Gasteiger partial charge in [-0.3, -0.25) is 0 Å². The molecule has 0 atom stereocenters. The van der Waals surface area contributed by atoms with E-state index in [0.29, 0.717) is 42.6 Å². The van der Waals surface area contributed by atoms with Gasteiger partial charge in [0.1, 0.15) is 5.82 Å². The quantitative estimate of drug-likeness (QED) is 0.473. The highest BCUT2D eigenvalue weighted by molar-refractivity contribution is 5.91. The van der Waals surface area contributed by atoms with E-state index in [1.807, 2.05) is 23.6 Å². The van der Waals surface area contributed by atoms with Crippen molar-refractivity contribution in [1.82, 2.24) is 9.88 Å². The zero-order valence-corrected chi connectivity index (χ0v) is 19.5. The first kappa shape index (κ1) is 24.1. The summed E-state index contributed by atoms with van der Waals surface area (Å²) in [5.41, 5.74) is 4.31. The number of carbonyl (C=O) groups is 1. The molecule has 0 spiro atoms. The fourth-order valence-electron chi connectivity index (χ4n) is 4.03. The first-order chi connectivity index (χ1) is 15.8. The number of nitrogens with one attached hydrogen (secondary N) is 1. The molecule has 0 radical (unpaired) electrons. The second-order valence-corrected chi connectivity index (χ2v) is 7.68. The Labute approximate surface area is 192 Å². The number of aromatic carboxylic acids is 1. The Hall–Kier alpha value is -3.52. The lowest BCUT2D eigenvalue weighted by Crippen LogP contribution is -2.16. The number of rotatable bonds is 10. The third-order valence-corrected chi connectivity index (χ3v) is 5.73. The normalized spacial score (nSPS) is 10.8. The van der Waals surface area contributed by atoms with Crippen molar-refractivity contribution in [3.8, 4) is 17.2 Å². The Bertz CT molecular complexity index is 1110. The molecule has 176 valence electrons. The van der Waals surface area contributed by atoms with Crippen LogP contribution in [0.1, 0.15) is 38.4 Å². The molecule has 0 saturated carbocycles. The Morgan fingerprint density at radius 2 is 1.55 bits per heavy atom. The van der Waals surface area contributed by atoms with Gasteiger partial charge < -0.3 is 29.2 Å². The summed E-state index contributed by atoms with van der Waals surface area (Å²) in [4.78, 5) is 12.0. The van der Waals surface area contributed by atoms with Gasteiger partial charge in [-0.25, -0.2) is 9.18 Å². The molecular weight excluding hydrogens is 427 g/mol. The van der Waals surface area contributed by atoms with Gasteiger partial charge in [0, 0.05) is 36.6 Å². The second-order valence-electron chi connectivity index (χ2n) is 7.68. The van der Waals surface area contributed by atoms with Gasteiger partial charge in [0.2, 0.25) is 5.75 Å². The van der Waals surface area contributed by atoms with Crippen molar-refractivity contribution >= 4 is 5.97 Å². The van der Waals surface area contributed by atoms with Gasteiger partial charge in [-0.1, -0.05) is 12.1 Å². The number of aromatic nitrogens is 1. The molecule has 0 unspecified atom stereocenters. The van der Waals surface area contributed by atoms with E-state index in [2.05, 4.69) is 5.32 Å². The summed E-state index contributed by atoms with van der Waals surface area (Å²) in [6, 6.07) is 9.92. The van der Waals surface area contributed by atoms with E-state index in [0.717, 1.165) is 22.4 Å². The SMILES string of the molecule is COc1cc(CNCc2c(C(=O)O)c(C)n(Cc3ccc(F)cc3)c2C)cc(OC)c1OC. The molecule has 0 saturated heterocycles. The Balaban J connectivity index is 1.84. The molecule has 33 heavy (non-hydrogen) atoms. The molecule has 0 aliphatic heterocycles. The second kappa shape index (κ2) is 10.4. The van der Waals surface area contributed by atoms with Crippen LogP contribution in [0.2, 0.25) is 0 Å². The number of carboxylic acids is 1. The zero-order chi connectivity index (χ0) is 24.1. The number of carboxylic acid groups (broad SMARTS) is 1. The van der Waals surface area contributed by atoms with Crippen molar-refractivity contribution < 1.29 is 28.5 Å². The van der Waals surface area contributed by atoms with Crippen LogP contribution in [0.15, 0.2) is 36.4 Å².